The summed E-state index contributed by atoms with van der Waals surface area (Å²) in [6.07, 6.45) is 2.07. The maximum atomic E-state index is 11.4. The molecule has 0 aliphatic carbocycles. The largest absolute Gasteiger partial charge is 0.349 e. The zero-order chi connectivity index (χ0) is 13.0. The average molecular weight is 237 g/mol. The first-order valence-electron chi connectivity index (χ1n) is 5.66. The molecule has 1 heterocycles. The summed E-state index contributed by atoms with van der Waals surface area (Å²) in [6, 6.07) is 0. The van der Waals surface area contributed by atoms with Crippen LogP contribution in [-0.4, -0.2) is 41.0 Å². The van der Waals surface area contributed by atoms with Crippen LogP contribution in [0.5, 0.6) is 0 Å². The van der Waals surface area contributed by atoms with Crippen molar-refractivity contribution in [3.63, 3.8) is 0 Å². The van der Waals surface area contributed by atoms with Crippen LogP contribution in [0.1, 0.15) is 34.6 Å². The molecule has 0 saturated heterocycles. The molecule has 0 bridgehead atoms. The van der Waals surface area contributed by atoms with Gasteiger partial charge < -0.3 is 4.90 Å². The van der Waals surface area contributed by atoms with Crippen LogP contribution in [0.4, 0.5) is 0 Å². The van der Waals surface area contributed by atoms with Gasteiger partial charge in [-0.05, 0) is 20.3 Å². The van der Waals surface area contributed by atoms with Gasteiger partial charge in [-0.3, -0.25) is 14.3 Å². The van der Waals surface area contributed by atoms with Gasteiger partial charge in [0, 0.05) is 32.8 Å². The molecule has 1 rings (SSSR count). The van der Waals surface area contributed by atoms with Crippen molar-refractivity contribution in [1.82, 2.24) is 14.7 Å². The predicted octanol–water partition coefficient (Wildman–Crippen LogP) is 1.18. The minimum atomic E-state index is 0.113. The number of aryl methyl sites for hydroxylation is 2. The van der Waals surface area contributed by atoms with E-state index in [1.54, 1.807) is 23.7 Å². The second-order valence-electron chi connectivity index (χ2n) is 4.32. The first-order chi connectivity index (χ1) is 7.97. The lowest BCUT2D eigenvalue weighted by Gasteiger charge is -2.10. The summed E-state index contributed by atoms with van der Waals surface area (Å²) in [5, 5.41) is 4.28. The zero-order valence-electron chi connectivity index (χ0n) is 10.9. The fourth-order valence-electron chi connectivity index (χ4n) is 1.70. The molecular formula is C12H19N3O2. The van der Waals surface area contributed by atoms with Gasteiger partial charge in [-0.25, -0.2) is 0 Å². The van der Waals surface area contributed by atoms with Crippen molar-refractivity contribution in [1.29, 1.82) is 0 Å². The van der Waals surface area contributed by atoms with Crippen molar-refractivity contribution in [2.75, 3.05) is 14.1 Å². The lowest BCUT2D eigenvalue weighted by Crippen LogP contribution is -2.21. The van der Waals surface area contributed by atoms with E-state index in [9.17, 15) is 9.59 Å². The second-order valence-corrected chi connectivity index (χ2v) is 4.32. The Kier molecular flexibility index (Phi) is 4.43. The summed E-state index contributed by atoms with van der Waals surface area (Å²) in [4.78, 5) is 23.8. The second kappa shape index (κ2) is 5.61. The van der Waals surface area contributed by atoms with E-state index in [1.165, 1.54) is 0 Å². The highest BCUT2D eigenvalue weighted by Gasteiger charge is 2.10. The number of hydrogen-bond donors (Lipinski definition) is 0. The van der Waals surface area contributed by atoms with E-state index in [0.717, 1.165) is 24.1 Å². The summed E-state index contributed by atoms with van der Waals surface area (Å²) in [5.74, 6) is 0.113. The maximum Gasteiger partial charge on any atom is 0.222 e. The van der Waals surface area contributed by atoms with Gasteiger partial charge in [0.15, 0.2) is 6.29 Å². The molecule has 0 radical (unpaired) electrons. The van der Waals surface area contributed by atoms with Gasteiger partial charge >= 0.3 is 0 Å². The molecule has 0 N–H and O–H groups in total. The molecule has 0 fully saturated rings. The van der Waals surface area contributed by atoms with Crippen LogP contribution in [0.25, 0.3) is 0 Å². The number of aromatic nitrogens is 2. The molecule has 0 saturated carbocycles. The van der Waals surface area contributed by atoms with Crippen molar-refractivity contribution in [3.05, 3.63) is 17.0 Å². The van der Waals surface area contributed by atoms with Gasteiger partial charge in [0.05, 0.1) is 11.3 Å². The molecule has 94 valence electrons. The molecule has 0 spiro atoms. The van der Waals surface area contributed by atoms with Gasteiger partial charge in [-0.2, -0.15) is 5.10 Å². The van der Waals surface area contributed by atoms with Crippen LogP contribution in [0.3, 0.4) is 0 Å². The summed E-state index contributed by atoms with van der Waals surface area (Å²) in [7, 11) is 3.49. The number of carbonyl (C=O) groups excluding carboxylic acids is 2. The highest BCUT2D eigenvalue weighted by atomic mass is 16.2. The summed E-state index contributed by atoms with van der Waals surface area (Å²) < 4.78 is 1.79. The summed E-state index contributed by atoms with van der Waals surface area (Å²) in [5.41, 5.74) is 2.27. The van der Waals surface area contributed by atoms with Crippen LogP contribution in [0.2, 0.25) is 0 Å². The molecule has 0 aliphatic heterocycles. The average Bonchev–Trinajstić information content (AvgIpc) is 2.53. The third-order valence-corrected chi connectivity index (χ3v) is 2.81. The summed E-state index contributed by atoms with van der Waals surface area (Å²) in [6.45, 7) is 4.36. The molecule has 0 aliphatic rings. The Balaban J connectivity index is 2.59. The highest BCUT2D eigenvalue weighted by Crippen LogP contribution is 2.11. The van der Waals surface area contributed by atoms with Crippen molar-refractivity contribution in [2.24, 2.45) is 0 Å². The minimum Gasteiger partial charge on any atom is -0.349 e. The Morgan fingerprint density at radius 3 is 2.53 bits per heavy atom. The molecule has 0 atom stereocenters. The van der Waals surface area contributed by atoms with Crippen molar-refractivity contribution in [3.8, 4) is 0 Å². The molecule has 0 aromatic carbocycles. The molecule has 1 aromatic heterocycles. The highest BCUT2D eigenvalue weighted by molar-refractivity contribution is 5.78. The standard InChI is InChI=1S/C12H19N3O2/c1-9-11(8-16)10(2)15(13-9)7-5-6-12(17)14(3)4/h8H,5-7H2,1-4H3. The Morgan fingerprint density at radius 2 is 2.06 bits per heavy atom. The molecule has 17 heavy (non-hydrogen) atoms. The van der Waals surface area contributed by atoms with E-state index < -0.39 is 0 Å². The monoisotopic (exact) mass is 237 g/mol. The molecule has 5 nitrogen and oxygen atoms in total. The topological polar surface area (TPSA) is 55.2 Å². The Labute approximate surface area is 101 Å². The van der Waals surface area contributed by atoms with E-state index >= 15 is 0 Å². The van der Waals surface area contributed by atoms with Crippen LogP contribution in [0.15, 0.2) is 0 Å². The van der Waals surface area contributed by atoms with Gasteiger partial charge in [-0.1, -0.05) is 0 Å². The third kappa shape index (κ3) is 3.15. The normalized spacial score (nSPS) is 10.4. The number of amides is 1. The van der Waals surface area contributed by atoms with E-state index in [4.69, 9.17) is 0 Å². The van der Waals surface area contributed by atoms with Crippen LogP contribution >= 0.6 is 0 Å². The van der Waals surface area contributed by atoms with Crippen molar-refractivity contribution >= 4 is 12.2 Å². The Morgan fingerprint density at radius 1 is 1.41 bits per heavy atom. The van der Waals surface area contributed by atoms with Gasteiger partial charge in [0.1, 0.15) is 0 Å². The molecule has 5 heteroatoms. The fraction of sp³-hybridized carbons (Fsp3) is 0.583. The van der Waals surface area contributed by atoms with Crippen LogP contribution < -0.4 is 0 Å². The van der Waals surface area contributed by atoms with E-state index in [1.807, 2.05) is 13.8 Å². The number of hydrogen-bond acceptors (Lipinski definition) is 3. The first-order valence-corrected chi connectivity index (χ1v) is 5.66. The smallest absolute Gasteiger partial charge is 0.222 e. The van der Waals surface area contributed by atoms with E-state index in [2.05, 4.69) is 5.10 Å². The van der Waals surface area contributed by atoms with Crippen LogP contribution in [0, 0.1) is 13.8 Å². The van der Waals surface area contributed by atoms with Crippen molar-refractivity contribution < 1.29 is 9.59 Å². The lowest BCUT2D eigenvalue weighted by molar-refractivity contribution is -0.128. The van der Waals surface area contributed by atoms with Gasteiger partial charge in [-0.15, -0.1) is 0 Å². The van der Waals surface area contributed by atoms with Gasteiger partial charge in [0.25, 0.3) is 0 Å². The van der Waals surface area contributed by atoms with Gasteiger partial charge in [0.2, 0.25) is 5.91 Å². The molecule has 1 amide bonds. The van der Waals surface area contributed by atoms with E-state index in [-0.39, 0.29) is 5.91 Å². The quantitative estimate of drug-likeness (QED) is 0.723. The number of aldehydes is 1. The first kappa shape index (κ1) is 13.4. The predicted molar refractivity (Wildman–Crippen MR) is 65.0 cm³/mol. The SMILES string of the molecule is Cc1nn(CCCC(=O)N(C)C)c(C)c1C=O. The fourth-order valence-corrected chi connectivity index (χ4v) is 1.70. The molecule has 1 aromatic rings. The minimum absolute atomic E-state index is 0.113. The van der Waals surface area contributed by atoms with E-state index in [0.29, 0.717) is 18.5 Å². The molecule has 0 unspecified atom stereocenters. The number of rotatable bonds is 5. The van der Waals surface area contributed by atoms with Crippen LogP contribution in [-0.2, 0) is 11.3 Å². The maximum absolute atomic E-state index is 11.4. The zero-order valence-corrected chi connectivity index (χ0v) is 10.9. The third-order valence-electron chi connectivity index (χ3n) is 2.81. The number of carbonyl (C=O) groups is 2. The Bertz CT molecular complexity index is 422. The summed E-state index contributed by atoms with van der Waals surface area (Å²) >= 11 is 0. The molecular weight excluding hydrogens is 218 g/mol. The Hall–Kier alpha value is -1.65. The number of nitrogens with zero attached hydrogens (tertiary/aromatic N) is 3. The van der Waals surface area contributed by atoms with Crippen molar-refractivity contribution in [2.45, 2.75) is 33.2 Å². The lowest BCUT2D eigenvalue weighted by atomic mass is 10.2.